The Balaban J connectivity index is 1.69. The van der Waals surface area contributed by atoms with Crippen LogP contribution in [-0.4, -0.2) is 34.8 Å². The quantitative estimate of drug-likeness (QED) is 0.817. The van der Waals surface area contributed by atoms with Crippen LogP contribution in [0, 0.1) is 0 Å². The van der Waals surface area contributed by atoms with Crippen molar-refractivity contribution in [2.24, 2.45) is 0 Å². The summed E-state index contributed by atoms with van der Waals surface area (Å²) in [4.78, 5) is 25.9. The minimum atomic E-state index is -0.656. The van der Waals surface area contributed by atoms with E-state index in [1.807, 2.05) is 55.5 Å². The fourth-order valence-corrected chi connectivity index (χ4v) is 4.49. The van der Waals surface area contributed by atoms with Crippen molar-refractivity contribution in [3.8, 4) is 0 Å². The maximum atomic E-state index is 13.5. The molecular formula is C25H29N3O2. The molecule has 0 spiro atoms. The Bertz CT molecular complexity index is 961. The number of piperidine rings is 1. The van der Waals surface area contributed by atoms with Crippen LogP contribution in [0.25, 0.3) is 5.57 Å². The number of hydrazine groups is 1. The minimum Gasteiger partial charge on any atom is -0.338 e. The summed E-state index contributed by atoms with van der Waals surface area (Å²) in [6.07, 6.45) is 3.61. The summed E-state index contributed by atoms with van der Waals surface area (Å²) >= 11 is 0. The zero-order chi connectivity index (χ0) is 21.1. The van der Waals surface area contributed by atoms with Crippen molar-refractivity contribution < 1.29 is 9.59 Å². The van der Waals surface area contributed by atoms with Crippen LogP contribution in [0.15, 0.2) is 60.3 Å². The highest BCUT2D eigenvalue weighted by Gasteiger charge is 2.31. The summed E-state index contributed by atoms with van der Waals surface area (Å²) in [6.45, 7) is 6.33. The number of rotatable bonds is 5. The van der Waals surface area contributed by atoms with Gasteiger partial charge in [-0.25, -0.2) is 5.01 Å². The minimum absolute atomic E-state index is 0.0789. The van der Waals surface area contributed by atoms with E-state index in [2.05, 4.69) is 21.4 Å². The number of nitrogens with zero attached hydrogens (tertiary/aromatic N) is 2. The van der Waals surface area contributed by atoms with Crippen molar-refractivity contribution in [1.82, 2.24) is 15.3 Å². The van der Waals surface area contributed by atoms with Gasteiger partial charge in [-0.2, -0.15) is 0 Å². The first kappa shape index (κ1) is 20.4. The zero-order valence-electron chi connectivity index (χ0n) is 17.7. The predicted molar refractivity (Wildman–Crippen MR) is 118 cm³/mol. The fourth-order valence-electron chi connectivity index (χ4n) is 4.49. The molecule has 1 N–H and O–H groups in total. The Morgan fingerprint density at radius 1 is 0.933 bits per heavy atom. The summed E-state index contributed by atoms with van der Waals surface area (Å²) in [6, 6.07) is 16.9. The fraction of sp³-hybridized carbons (Fsp3) is 0.360. The SMILES string of the molecule is CC(=O)[C@@H](NC(=O)C1=C(C)N(N2CCCCC2)Cc2ccccc21)c1ccccc1. The van der Waals surface area contributed by atoms with Gasteiger partial charge in [0.2, 0.25) is 0 Å². The molecule has 1 atom stereocenters. The molecule has 4 rings (SSSR count). The van der Waals surface area contributed by atoms with E-state index in [-0.39, 0.29) is 11.7 Å². The van der Waals surface area contributed by atoms with Crippen LogP contribution < -0.4 is 5.32 Å². The van der Waals surface area contributed by atoms with Crippen molar-refractivity contribution in [3.63, 3.8) is 0 Å². The number of amides is 1. The van der Waals surface area contributed by atoms with Crippen LogP contribution in [0.1, 0.15) is 55.8 Å². The molecule has 0 aliphatic carbocycles. The Hall–Kier alpha value is -2.92. The van der Waals surface area contributed by atoms with Crippen LogP contribution in [0.2, 0.25) is 0 Å². The lowest BCUT2D eigenvalue weighted by Crippen LogP contribution is -2.46. The molecule has 1 fully saturated rings. The second-order valence-corrected chi connectivity index (χ2v) is 8.12. The summed E-state index contributed by atoms with van der Waals surface area (Å²) in [5.74, 6) is -0.282. The van der Waals surface area contributed by atoms with Crippen molar-refractivity contribution >= 4 is 17.3 Å². The molecule has 2 heterocycles. The second-order valence-electron chi connectivity index (χ2n) is 8.12. The van der Waals surface area contributed by atoms with E-state index in [0.29, 0.717) is 5.57 Å². The third-order valence-electron chi connectivity index (χ3n) is 6.07. The van der Waals surface area contributed by atoms with Crippen LogP contribution in [-0.2, 0) is 16.1 Å². The lowest BCUT2D eigenvalue weighted by Gasteiger charge is -2.43. The first-order valence-corrected chi connectivity index (χ1v) is 10.7. The Labute approximate surface area is 178 Å². The van der Waals surface area contributed by atoms with E-state index < -0.39 is 6.04 Å². The molecule has 2 aromatic rings. The summed E-state index contributed by atoms with van der Waals surface area (Å²) in [7, 11) is 0. The van der Waals surface area contributed by atoms with Gasteiger partial charge in [-0.1, -0.05) is 61.0 Å². The smallest absolute Gasteiger partial charge is 0.254 e. The first-order valence-electron chi connectivity index (χ1n) is 10.7. The van der Waals surface area contributed by atoms with Crippen LogP contribution >= 0.6 is 0 Å². The van der Waals surface area contributed by atoms with Gasteiger partial charge >= 0.3 is 0 Å². The number of fused-ring (bicyclic) bond motifs is 1. The van der Waals surface area contributed by atoms with Gasteiger partial charge in [-0.15, -0.1) is 0 Å². The van der Waals surface area contributed by atoms with Gasteiger partial charge in [0.15, 0.2) is 5.78 Å². The van der Waals surface area contributed by atoms with Gasteiger partial charge in [0.25, 0.3) is 5.91 Å². The molecule has 0 aromatic heterocycles. The number of hydrogen-bond acceptors (Lipinski definition) is 4. The van der Waals surface area contributed by atoms with Crippen LogP contribution in [0.3, 0.4) is 0 Å². The third kappa shape index (κ3) is 4.03. The molecule has 1 amide bonds. The molecule has 2 aliphatic rings. The number of carbonyl (C=O) groups excluding carboxylic acids is 2. The van der Waals surface area contributed by atoms with Gasteiger partial charge in [-0.05, 0) is 43.4 Å². The topological polar surface area (TPSA) is 52.7 Å². The number of Topliss-reactive ketones (excluding diaryl/α,β-unsaturated/α-hetero) is 1. The van der Waals surface area contributed by atoms with Crippen molar-refractivity contribution in [1.29, 1.82) is 0 Å². The van der Waals surface area contributed by atoms with E-state index in [1.165, 1.54) is 26.2 Å². The maximum Gasteiger partial charge on any atom is 0.254 e. The van der Waals surface area contributed by atoms with E-state index in [4.69, 9.17) is 0 Å². The number of nitrogens with one attached hydrogen (secondary N) is 1. The van der Waals surface area contributed by atoms with Crippen molar-refractivity contribution in [2.75, 3.05) is 13.1 Å². The molecule has 5 heteroatoms. The largest absolute Gasteiger partial charge is 0.338 e. The van der Waals surface area contributed by atoms with E-state index in [0.717, 1.165) is 42.0 Å². The summed E-state index contributed by atoms with van der Waals surface area (Å²) in [5, 5.41) is 7.62. The van der Waals surface area contributed by atoms with Crippen molar-refractivity contribution in [3.05, 3.63) is 77.0 Å². The molecular weight excluding hydrogens is 374 g/mol. The van der Waals surface area contributed by atoms with Gasteiger partial charge in [0.1, 0.15) is 6.04 Å². The monoisotopic (exact) mass is 403 g/mol. The predicted octanol–water partition coefficient (Wildman–Crippen LogP) is 4.08. The molecule has 2 aromatic carbocycles. The first-order chi connectivity index (χ1) is 14.6. The molecule has 1 saturated heterocycles. The average molecular weight is 404 g/mol. The number of benzene rings is 2. The lowest BCUT2D eigenvalue weighted by molar-refractivity contribution is -0.124. The molecule has 156 valence electrons. The van der Waals surface area contributed by atoms with Gasteiger partial charge in [0, 0.05) is 18.8 Å². The molecule has 0 bridgehead atoms. The van der Waals surface area contributed by atoms with E-state index in [1.54, 1.807) is 0 Å². The van der Waals surface area contributed by atoms with Gasteiger partial charge in [0.05, 0.1) is 12.1 Å². The highest BCUT2D eigenvalue weighted by molar-refractivity contribution is 6.21. The zero-order valence-corrected chi connectivity index (χ0v) is 17.7. The Morgan fingerprint density at radius 3 is 2.30 bits per heavy atom. The third-order valence-corrected chi connectivity index (χ3v) is 6.07. The normalized spacial score (nSPS) is 18.0. The van der Waals surface area contributed by atoms with Crippen molar-refractivity contribution in [2.45, 2.75) is 45.7 Å². The molecule has 0 radical (unpaired) electrons. The number of carbonyl (C=O) groups is 2. The highest BCUT2D eigenvalue weighted by atomic mass is 16.2. The molecule has 30 heavy (non-hydrogen) atoms. The Kier molecular flexibility index (Phi) is 6.00. The van der Waals surface area contributed by atoms with Crippen LogP contribution in [0.4, 0.5) is 0 Å². The number of ketones is 1. The van der Waals surface area contributed by atoms with E-state index >= 15 is 0 Å². The number of allylic oxidation sites excluding steroid dienone is 1. The maximum absolute atomic E-state index is 13.5. The number of hydrogen-bond donors (Lipinski definition) is 1. The highest BCUT2D eigenvalue weighted by Crippen LogP contribution is 2.34. The van der Waals surface area contributed by atoms with Crippen LogP contribution in [0.5, 0.6) is 0 Å². The van der Waals surface area contributed by atoms with Gasteiger partial charge < -0.3 is 10.3 Å². The second kappa shape index (κ2) is 8.84. The average Bonchev–Trinajstić information content (AvgIpc) is 2.78. The summed E-state index contributed by atoms with van der Waals surface area (Å²) < 4.78 is 0. The lowest BCUT2D eigenvalue weighted by atomic mass is 9.93. The Morgan fingerprint density at radius 2 is 1.60 bits per heavy atom. The molecule has 5 nitrogen and oxygen atoms in total. The van der Waals surface area contributed by atoms with Gasteiger partial charge in [-0.3, -0.25) is 9.59 Å². The van der Waals surface area contributed by atoms with E-state index in [9.17, 15) is 9.59 Å². The molecule has 0 saturated carbocycles. The molecule has 2 aliphatic heterocycles. The standard InChI is InChI=1S/C25H29N3O2/c1-18-23(25(30)26-24(19(2)29)20-11-5-3-6-12-20)22-14-8-7-13-21(22)17-28(18)27-15-9-4-10-16-27/h3,5-8,11-14,24H,4,9-10,15-17H2,1-2H3,(H,26,30)/t24-/m1/s1. The summed E-state index contributed by atoms with van der Waals surface area (Å²) in [5.41, 5.74) is 4.50. The molecule has 0 unspecified atom stereocenters.